The first-order chi connectivity index (χ1) is 15.7. The fourth-order valence-corrected chi connectivity index (χ4v) is 6.99. The second kappa shape index (κ2) is 6.83. The molecule has 3 aromatic carbocycles. The highest BCUT2D eigenvalue weighted by molar-refractivity contribution is 5.79. The van der Waals surface area contributed by atoms with Crippen LogP contribution in [0.4, 0.5) is 0 Å². The van der Waals surface area contributed by atoms with Crippen molar-refractivity contribution >= 4 is 0 Å². The third-order valence-electron chi connectivity index (χ3n) is 8.51. The Morgan fingerprint density at radius 2 is 1.48 bits per heavy atom. The topological polar surface area (TPSA) is 0 Å². The number of benzene rings is 3. The van der Waals surface area contributed by atoms with E-state index in [9.17, 15) is 0 Å². The van der Waals surface area contributed by atoms with Crippen molar-refractivity contribution in [3.8, 4) is 11.1 Å². The standard InChI is InChI=1S/C33H34/c1-31(2,3)24-19-29-30(20-24)33(21-32(29,4)5,23-13-7-6-8-14-23)28-17-11-16-26-25-15-10-9-12-22(25)18-27(26)28/h6-17,19-20,30H,18,21H2,1-5H3. The molecule has 0 bridgehead atoms. The van der Waals surface area contributed by atoms with Crippen LogP contribution in [0.2, 0.25) is 0 Å². The summed E-state index contributed by atoms with van der Waals surface area (Å²) in [6, 6.07) is 27.4. The van der Waals surface area contributed by atoms with Gasteiger partial charge < -0.3 is 0 Å². The van der Waals surface area contributed by atoms with Gasteiger partial charge in [-0.05, 0) is 62.6 Å². The van der Waals surface area contributed by atoms with Gasteiger partial charge in [-0.3, -0.25) is 0 Å². The molecule has 0 nitrogen and oxygen atoms in total. The molecule has 0 spiro atoms. The molecule has 3 aliphatic carbocycles. The monoisotopic (exact) mass is 430 g/mol. The molecule has 0 aromatic heterocycles. The Kier molecular flexibility index (Phi) is 4.29. The minimum absolute atomic E-state index is 0.0447. The maximum atomic E-state index is 2.62. The lowest BCUT2D eigenvalue weighted by atomic mass is 9.64. The van der Waals surface area contributed by atoms with E-state index < -0.39 is 0 Å². The van der Waals surface area contributed by atoms with E-state index in [0.717, 1.165) is 12.8 Å². The van der Waals surface area contributed by atoms with Gasteiger partial charge in [-0.1, -0.05) is 125 Å². The first kappa shape index (κ1) is 20.7. The molecule has 0 saturated heterocycles. The van der Waals surface area contributed by atoms with E-state index in [2.05, 4.69) is 120 Å². The van der Waals surface area contributed by atoms with E-state index in [4.69, 9.17) is 0 Å². The SMILES string of the molecule is CC(C)(C)C1=CC2C(=C1)C(C)(C)CC2(c1ccccc1)c1cccc2c1Cc1ccccc1-2. The average molecular weight is 431 g/mol. The molecular weight excluding hydrogens is 396 g/mol. The zero-order valence-corrected chi connectivity index (χ0v) is 20.6. The summed E-state index contributed by atoms with van der Waals surface area (Å²) in [5, 5.41) is 0. The van der Waals surface area contributed by atoms with Crippen LogP contribution >= 0.6 is 0 Å². The number of rotatable bonds is 2. The summed E-state index contributed by atoms with van der Waals surface area (Å²) < 4.78 is 0. The van der Waals surface area contributed by atoms with E-state index in [1.807, 2.05) is 0 Å². The Labute approximate surface area is 199 Å². The van der Waals surface area contributed by atoms with Crippen molar-refractivity contribution in [3.05, 3.63) is 118 Å². The van der Waals surface area contributed by atoms with Crippen LogP contribution < -0.4 is 0 Å². The van der Waals surface area contributed by atoms with Crippen LogP contribution in [0, 0.1) is 16.7 Å². The third-order valence-corrected chi connectivity index (χ3v) is 8.51. The molecule has 3 aliphatic rings. The van der Waals surface area contributed by atoms with E-state index in [1.54, 1.807) is 5.57 Å². The van der Waals surface area contributed by atoms with Gasteiger partial charge in [0.1, 0.15) is 0 Å². The van der Waals surface area contributed by atoms with Crippen LogP contribution in [-0.2, 0) is 11.8 Å². The van der Waals surface area contributed by atoms with Crippen LogP contribution in [0.3, 0.4) is 0 Å². The normalized spacial score (nSPS) is 24.7. The number of allylic oxidation sites excluding steroid dienone is 4. The summed E-state index contributed by atoms with van der Waals surface area (Å²) >= 11 is 0. The average Bonchev–Trinajstić information content (AvgIpc) is 3.46. The fraction of sp³-hybridized carbons (Fsp3) is 0.333. The lowest BCUT2D eigenvalue weighted by Gasteiger charge is -2.38. The number of hydrogen-bond donors (Lipinski definition) is 0. The Morgan fingerprint density at radius 3 is 2.24 bits per heavy atom. The van der Waals surface area contributed by atoms with E-state index in [0.29, 0.717) is 5.92 Å². The Balaban J connectivity index is 1.64. The lowest BCUT2D eigenvalue weighted by molar-refractivity contribution is 0.378. The van der Waals surface area contributed by atoms with E-state index in [1.165, 1.54) is 39.0 Å². The molecule has 3 aromatic rings. The minimum atomic E-state index is -0.0447. The van der Waals surface area contributed by atoms with Crippen molar-refractivity contribution in [1.29, 1.82) is 0 Å². The molecule has 0 N–H and O–H groups in total. The molecule has 1 fully saturated rings. The molecule has 0 aliphatic heterocycles. The second-order valence-electron chi connectivity index (χ2n) is 12.0. The van der Waals surface area contributed by atoms with Crippen LogP contribution in [0.1, 0.15) is 63.3 Å². The summed E-state index contributed by atoms with van der Waals surface area (Å²) in [5.74, 6) is 0.402. The molecular formula is C33H34. The fourth-order valence-electron chi connectivity index (χ4n) is 6.99. The van der Waals surface area contributed by atoms with Crippen molar-refractivity contribution in [1.82, 2.24) is 0 Å². The molecule has 33 heavy (non-hydrogen) atoms. The summed E-state index contributed by atoms with van der Waals surface area (Å²) in [4.78, 5) is 0. The van der Waals surface area contributed by atoms with Gasteiger partial charge in [0, 0.05) is 11.3 Å². The first-order valence-corrected chi connectivity index (χ1v) is 12.4. The summed E-state index contributed by atoms with van der Waals surface area (Å²) in [5.41, 5.74) is 12.2. The molecule has 0 heteroatoms. The predicted octanol–water partition coefficient (Wildman–Crippen LogP) is 8.50. The largest absolute Gasteiger partial charge is 0.0723 e. The maximum absolute atomic E-state index is 2.62. The summed E-state index contributed by atoms with van der Waals surface area (Å²) in [6.07, 6.45) is 7.35. The number of fused-ring (bicyclic) bond motifs is 4. The minimum Gasteiger partial charge on any atom is -0.0723 e. The lowest BCUT2D eigenvalue weighted by Crippen LogP contribution is -2.33. The van der Waals surface area contributed by atoms with Gasteiger partial charge in [0.2, 0.25) is 0 Å². The zero-order chi connectivity index (χ0) is 23.0. The van der Waals surface area contributed by atoms with Crippen molar-refractivity contribution in [3.63, 3.8) is 0 Å². The smallest absolute Gasteiger partial charge is 0.0314 e. The molecule has 166 valence electrons. The zero-order valence-electron chi connectivity index (χ0n) is 20.6. The molecule has 2 unspecified atom stereocenters. The number of hydrogen-bond acceptors (Lipinski definition) is 0. The Morgan fingerprint density at radius 1 is 0.788 bits per heavy atom. The highest BCUT2D eigenvalue weighted by Crippen LogP contribution is 2.65. The van der Waals surface area contributed by atoms with Crippen LogP contribution in [0.15, 0.2) is 96.1 Å². The van der Waals surface area contributed by atoms with Gasteiger partial charge >= 0.3 is 0 Å². The van der Waals surface area contributed by atoms with Crippen molar-refractivity contribution in [2.45, 2.75) is 52.9 Å². The Hall–Kier alpha value is -2.86. The molecule has 1 saturated carbocycles. The molecule has 0 amide bonds. The van der Waals surface area contributed by atoms with E-state index in [-0.39, 0.29) is 16.2 Å². The highest BCUT2D eigenvalue weighted by atomic mass is 14.6. The molecule has 0 radical (unpaired) electrons. The van der Waals surface area contributed by atoms with Gasteiger partial charge in [0.25, 0.3) is 0 Å². The van der Waals surface area contributed by atoms with Crippen LogP contribution in [-0.4, -0.2) is 0 Å². The van der Waals surface area contributed by atoms with Crippen LogP contribution in [0.5, 0.6) is 0 Å². The summed E-state index contributed by atoms with van der Waals surface area (Å²) in [7, 11) is 0. The van der Waals surface area contributed by atoms with Crippen LogP contribution in [0.25, 0.3) is 11.1 Å². The Bertz CT molecular complexity index is 1310. The van der Waals surface area contributed by atoms with Gasteiger partial charge in [-0.15, -0.1) is 0 Å². The first-order valence-electron chi connectivity index (χ1n) is 12.4. The second-order valence-corrected chi connectivity index (χ2v) is 12.0. The predicted molar refractivity (Wildman–Crippen MR) is 139 cm³/mol. The van der Waals surface area contributed by atoms with Crippen molar-refractivity contribution in [2.24, 2.45) is 16.7 Å². The van der Waals surface area contributed by atoms with Gasteiger partial charge in [-0.25, -0.2) is 0 Å². The quantitative estimate of drug-likeness (QED) is 0.299. The van der Waals surface area contributed by atoms with Crippen molar-refractivity contribution in [2.75, 3.05) is 0 Å². The van der Waals surface area contributed by atoms with Gasteiger partial charge in [0.05, 0.1) is 0 Å². The van der Waals surface area contributed by atoms with Gasteiger partial charge in [-0.2, -0.15) is 0 Å². The molecule has 2 atom stereocenters. The van der Waals surface area contributed by atoms with Gasteiger partial charge in [0.15, 0.2) is 0 Å². The molecule has 0 heterocycles. The third kappa shape index (κ3) is 2.89. The van der Waals surface area contributed by atoms with Crippen molar-refractivity contribution < 1.29 is 0 Å². The highest BCUT2D eigenvalue weighted by Gasteiger charge is 2.57. The van der Waals surface area contributed by atoms with E-state index >= 15 is 0 Å². The maximum Gasteiger partial charge on any atom is 0.0314 e. The molecule has 6 rings (SSSR count). The summed E-state index contributed by atoms with van der Waals surface area (Å²) in [6.45, 7) is 12.0.